The highest BCUT2D eigenvalue weighted by atomic mass is 32.2. The fourth-order valence-electron chi connectivity index (χ4n) is 1.79. The van der Waals surface area contributed by atoms with Crippen molar-refractivity contribution in [2.45, 2.75) is 25.5 Å². The highest BCUT2D eigenvalue weighted by Crippen LogP contribution is 2.16. The normalized spacial score (nSPS) is 12.8. The first-order valence-corrected chi connectivity index (χ1v) is 8.65. The van der Waals surface area contributed by atoms with Crippen LogP contribution in [0.5, 0.6) is 0 Å². The van der Waals surface area contributed by atoms with Crippen LogP contribution in [0.25, 0.3) is 0 Å². The van der Waals surface area contributed by atoms with E-state index in [9.17, 15) is 23.2 Å². The van der Waals surface area contributed by atoms with E-state index in [1.54, 1.807) is 0 Å². The fourth-order valence-corrected chi connectivity index (χ4v) is 2.27. The van der Waals surface area contributed by atoms with Crippen molar-refractivity contribution in [3.05, 3.63) is 29.8 Å². The van der Waals surface area contributed by atoms with E-state index >= 15 is 0 Å². The number of thioether (sulfide) groups is 1. The number of nitrogens with two attached hydrogens (primary N) is 1. The van der Waals surface area contributed by atoms with E-state index in [2.05, 4.69) is 10.6 Å². The van der Waals surface area contributed by atoms with Crippen molar-refractivity contribution in [3.63, 3.8) is 0 Å². The molecule has 4 N–H and O–H groups in total. The van der Waals surface area contributed by atoms with Crippen molar-refractivity contribution < 1.29 is 27.9 Å². The summed E-state index contributed by atoms with van der Waals surface area (Å²) >= 11 is 1.45. The Balaban J connectivity index is 2.69. The largest absolute Gasteiger partial charge is 0.451 e. The molecule has 0 spiro atoms. The molecule has 1 aromatic carbocycles. The van der Waals surface area contributed by atoms with E-state index in [0.717, 1.165) is 18.2 Å². The number of hydrogen-bond acceptors (Lipinski definition) is 5. The molecule has 0 aliphatic carbocycles. The predicted octanol–water partition coefficient (Wildman–Crippen LogP) is 1.62. The molecule has 0 saturated heterocycles. The van der Waals surface area contributed by atoms with Gasteiger partial charge in [0.25, 0.3) is 5.91 Å². The van der Waals surface area contributed by atoms with Gasteiger partial charge in [0.15, 0.2) is 6.10 Å². The number of nitrogens with one attached hydrogen (secondary N) is 2. The number of ether oxygens (including phenoxy) is 1. The first-order valence-electron chi connectivity index (χ1n) is 7.26. The summed E-state index contributed by atoms with van der Waals surface area (Å²) in [6, 6.07) is 0.655. The topological polar surface area (TPSA) is 111 Å². The van der Waals surface area contributed by atoms with Gasteiger partial charge in [-0.2, -0.15) is 11.8 Å². The van der Waals surface area contributed by atoms with Gasteiger partial charge < -0.3 is 21.1 Å². The van der Waals surface area contributed by atoms with E-state index in [1.807, 2.05) is 6.26 Å². The number of halogens is 2. The van der Waals surface area contributed by atoms with Crippen LogP contribution in [-0.2, 0) is 14.3 Å². The van der Waals surface area contributed by atoms with Crippen LogP contribution >= 0.6 is 11.8 Å². The molecule has 0 bridgehead atoms. The molecule has 25 heavy (non-hydrogen) atoms. The Hall–Kier alpha value is -2.36. The summed E-state index contributed by atoms with van der Waals surface area (Å²) in [5, 5.41) is 4.37. The summed E-state index contributed by atoms with van der Waals surface area (Å²) < 4.78 is 31.6. The number of hydrogen-bond donors (Lipinski definition) is 3. The highest BCUT2D eigenvalue weighted by molar-refractivity contribution is 7.98. The summed E-state index contributed by atoms with van der Waals surface area (Å²) in [5.74, 6) is -2.71. The van der Waals surface area contributed by atoms with Crippen molar-refractivity contribution in [2.75, 3.05) is 17.3 Å². The minimum Gasteiger partial charge on any atom is -0.451 e. The number of primary amides is 1. The third kappa shape index (κ3) is 6.96. The Morgan fingerprint density at radius 2 is 2.00 bits per heavy atom. The number of urea groups is 1. The minimum absolute atomic E-state index is 0.260. The lowest BCUT2D eigenvalue weighted by Gasteiger charge is -2.19. The van der Waals surface area contributed by atoms with Crippen LogP contribution in [-0.4, -0.2) is 42.1 Å². The van der Waals surface area contributed by atoms with Gasteiger partial charge in [-0.05, 0) is 37.5 Å². The van der Waals surface area contributed by atoms with Gasteiger partial charge in [-0.15, -0.1) is 0 Å². The second-order valence-electron chi connectivity index (χ2n) is 5.04. The third-order valence-electron chi connectivity index (χ3n) is 3.06. The predicted molar refractivity (Wildman–Crippen MR) is 90.0 cm³/mol. The molecule has 0 aromatic heterocycles. The second-order valence-corrected chi connectivity index (χ2v) is 6.02. The summed E-state index contributed by atoms with van der Waals surface area (Å²) in [6.07, 6.45) is 0.785. The summed E-state index contributed by atoms with van der Waals surface area (Å²) in [6.45, 7) is 1.26. The van der Waals surface area contributed by atoms with Gasteiger partial charge in [0.1, 0.15) is 17.7 Å². The number of amides is 3. The van der Waals surface area contributed by atoms with Crippen molar-refractivity contribution in [2.24, 2.45) is 5.73 Å². The van der Waals surface area contributed by atoms with Crippen molar-refractivity contribution in [3.8, 4) is 0 Å². The number of benzene rings is 1. The maximum Gasteiger partial charge on any atom is 0.329 e. The quantitative estimate of drug-likeness (QED) is 0.598. The first kappa shape index (κ1) is 20.7. The van der Waals surface area contributed by atoms with E-state index in [-0.39, 0.29) is 12.1 Å². The second kappa shape index (κ2) is 9.82. The maximum absolute atomic E-state index is 13.5. The molecule has 1 aromatic rings. The Bertz CT molecular complexity index is 645. The van der Waals surface area contributed by atoms with Gasteiger partial charge in [-0.1, -0.05) is 0 Å². The molecule has 1 rings (SSSR count). The molecule has 0 saturated carbocycles. The van der Waals surface area contributed by atoms with Gasteiger partial charge in [0.05, 0.1) is 5.69 Å². The lowest BCUT2D eigenvalue weighted by Crippen LogP contribution is -2.46. The number of carbonyl (C=O) groups excluding carboxylic acids is 3. The summed E-state index contributed by atoms with van der Waals surface area (Å²) in [4.78, 5) is 35.0. The van der Waals surface area contributed by atoms with Crippen LogP contribution in [0.4, 0.5) is 19.3 Å². The van der Waals surface area contributed by atoms with Crippen molar-refractivity contribution >= 4 is 35.4 Å². The molecule has 0 radical (unpaired) electrons. The van der Waals surface area contributed by atoms with Crippen LogP contribution in [0.3, 0.4) is 0 Å². The molecular formula is C15H19F2N3O4S. The molecule has 0 aliphatic rings. The molecule has 0 heterocycles. The average Bonchev–Trinajstić information content (AvgIpc) is 2.54. The Labute approximate surface area is 147 Å². The Morgan fingerprint density at radius 3 is 2.60 bits per heavy atom. The monoisotopic (exact) mass is 375 g/mol. The Kier molecular flexibility index (Phi) is 8.12. The SMILES string of the molecule is CSCC[C@H](NC(N)=O)C(=O)O[C@@H](C)C(=O)Nc1cc(F)ccc1F. The molecule has 3 amide bonds. The summed E-state index contributed by atoms with van der Waals surface area (Å²) in [5.41, 5.74) is 4.63. The molecular weight excluding hydrogens is 356 g/mol. The van der Waals surface area contributed by atoms with E-state index in [0.29, 0.717) is 5.75 Å². The molecule has 0 unspecified atom stereocenters. The van der Waals surface area contributed by atoms with Crippen LogP contribution in [0.15, 0.2) is 18.2 Å². The molecule has 10 heteroatoms. The Morgan fingerprint density at radius 1 is 1.32 bits per heavy atom. The van der Waals surface area contributed by atoms with Gasteiger partial charge >= 0.3 is 12.0 Å². The van der Waals surface area contributed by atoms with Crippen LogP contribution in [0, 0.1) is 11.6 Å². The zero-order valence-electron chi connectivity index (χ0n) is 13.7. The fraction of sp³-hybridized carbons (Fsp3) is 0.400. The number of carbonyl (C=O) groups is 3. The van der Waals surface area contributed by atoms with Gasteiger partial charge in [-0.3, -0.25) is 4.79 Å². The average molecular weight is 375 g/mol. The van der Waals surface area contributed by atoms with Gasteiger partial charge in [0.2, 0.25) is 0 Å². The molecule has 0 aliphatic heterocycles. The van der Waals surface area contributed by atoms with Crippen molar-refractivity contribution in [1.82, 2.24) is 5.32 Å². The number of anilines is 1. The van der Waals surface area contributed by atoms with E-state index in [4.69, 9.17) is 10.5 Å². The van der Waals surface area contributed by atoms with Crippen LogP contribution < -0.4 is 16.4 Å². The molecule has 0 fully saturated rings. The number of rotatable bonds is 8. The lowest BCUT2D eigenvalue weighted by molar-refractivity contribution is -0.155. The van der Waals surface area contributed by atoms with Crippen LogP contribution in [0.1, 0.15) is 13.3 Å². The summed E-state index contributed by atoms with van der Waals surface area (Å²) in [7, 11) is 0. The van der Waals surface area contributed by atoms with Crippen molar-refractivity contribution in [1.29, 1.82) is 0 Å². The lowest BCUT2D eigenvalue weighted by atomic mass is 10.2. The molecule has 7 nitrogen and oxygen atoms in total. The van der Waals surface area contributed by atoms with E-state index < -0.39 is 41.7 Å². The molecule has 138 valence electrons. The third-order valence-corrected chi connectivity index (χ3v) is 3.70. The van der Waals surface area contributed by atoms with Crippen LogP contribution in [0.2, 0.25) is 0 Å². The maximum atomic E-state index is 13.5. The molecule has 2 atom stereocenters. The standard InChI is InChI=1S/C15H19F2N3O4S/c1-8(13(21)19-12-7-9(16)3-4-10(12)17)24-14(22)11(5-6-25-2)20-15(18)23/h3-4,7-8,11H,5-6H2,1-2H3,(H,19,21)(H3,18,20,23)/t8-,11-/m0/s1. The zero-order chi connectivity index (χ0) is 19.0. The number of esters is 1. The van der Waals surface area contributed by atoms with Gasteiger partial charge in [0, 0.05) is 6.07 Å². The van der Waals surface area contributed by atoms with Gasteiger partial charge in [-0.25, -0.2) is 18.4 Å². The smallest absolute Gasteiger partial charge is 0.329 e. The highest BCUT2D eigenvalue weighted by Gasteiger charge is 2.26. The minimum atomic E-state index is -1.29. The first-order chi connectivity index (χ1) is 11.7. The zero-order valence-corrected chi connectivity index (χ0v) is 14.5. The van der Waals surface area contributed by atoms with E-state index in [1.165, 1.54) is 18.7 Å².